The van der Waals surface area contributed by atoms with E-state index >= 15 is 0 Å². The monoisotopic (exact) mass is 315 g/mol. The number of hydrogen-bond donors (Lipinski definition) is 1. The van der Waals surface area contributed by atoms with Crippen LogP contribution in [0.3, 0.4) is 0 Å². The van der Waals surface area contributed by atoms with Crippen molar-refractivity contribution in [3.8, 4) is 0 Å². The maximum atomic E-state index is 12.5. The molecule has 1 aromatic carbocycles. The van der Waals surface area contributed by atoms with Crippen LogP contribution in [0.4, 0.5) is 13.2 Å². The molecular formula is C15H20F3N3O. The van der Waals surface area contributed by atoms with Gasteiger partial charge in [0.2, 0.25) is 5.91 Å². The van der Waals surface area contributed by atoms with Gasteiger partial charge in [-0.25, -0.2) is 0 Å². The molecule has 1 aromatic rings. The number of nitrogens with two attached hydrogens (primary N) is 1. The summed E-state index contributed by atoms with van der Waals surface area (Å²) < 4.78 is 37.4. The van der Waals surface area contributed by atoms with Gasteiger partial charge >= 0.3 is 6.18 Å². The number of carbonyl (C=O) groups excluding carboxylic acids is 1. The first-order chi connectivity index (χ1) is 10.2. The number of hydrogen-bond acceptors (Lipinski definition) is 3. The number of benzene rings is 1. The van der Waals surface area contributed by atoms with Crippen LogP contribution in [-0.2, 0) is 6.54 Å². The van der Waals surface area contributed by atoms with E-state index in [9.17, 15) is 18.0 Å². The summed E-state index contributed by atoms with van der Waals surface area (Å²) in [6.45, 7) is 3.07. The number of halogens is 3. The first kappa shape index (κ1) is 16.8. The van der Waals surface area contributed by atoms with Gasteiger partial charge in [0, 0.05) is 37.8 Å². The highest BCUT2D eigenvalue weighted by atomic mass is 19.4. The molecule has 122 valence electrons. The fourth-order valence-corrected chi connectivity index (χ4v) is 2.76. The molecular weight excluding hydrogens is 295 g/mol. The Bertz CT molecular complexity index is 533. The van der Waals surface area contributed by atoms with Gasteiger partial charge in [-0.3, -0.25) is 14.6 Å². The minimum atomic E-state index is -4.16. The summed E-state index contributed by atoms with van der Waals surface area (Å²) >= 11 is 0. The Morgan fingerprint density at radius 1 is 1.36 bits per heavy atom. The molecule has 2 N–H and O–H groups in total. The minimum absolute atomic E-state index is 0.158. The fraction of sp³-hybridized carbons (Fsp3) is 0.533. The maximum Gasteiger partial charge on any atom is 0.401 e. The predicted octanol–water partition coefficient (Wildman–Crippen LogP) is 1.85. The highest BCUT2D eigenvalue weighted by Crippen LogP contribution is 2.21. The maximum absolute atomic E-state index is 12.5. The molecule has 0 bridgehead atoms. The van der Waals surface area contributed by atoms with Crippen molar-refractivity contribution in [3.05, 3.63) is 35.4 Å². The van der Waals surface area contributed by atoms with Gasteiger partial charge in [0.25, 0.3) is 0 Å². The molecule has 1 fully saturated rings. The number of rotatable bonds is 4. The summed E-state index contributed by atoms with van der Waals surface area (Å²) in [5.41, 5.74) is 6.63. The van der Waals surface area contributed by atoms with Crippen molar-refractivity contribution in [1.29, 1.82) is 0 Å². The first-order valence-electron chi connectivity index (χ1n) is 7.16. The Kier molecular flexibility index (Phi) is 5.08. The number of nitrogens with zero attached hydrogens (tertiary/aromatic N) is 2. The second-order valence-electron chi connectivity index (χ2n) is 5.73. The molecule has 0 unspecified atom stereocenters. The minimum Gasteiger partial charge on any atom is -0.366 e. The van der Waals surface area contributed by atoms with E-state index in [4.69, 9.17) is 5.73 Å². The molecule has 1 heterocycles. The zero-order valence-electron chi connectivity index (χ0n) is 12.4. The molecule has 1 aliphatic rings. The molecule has 0 radical (unpaired) electrons. The number of amides is 1. The Morgan fingerprint density at radius 3 is 2.68 bits per heavy atom. The summed E-state index contributed by atoms with van der Waals surface area (Å²) in [4.78, 5) is 14.7. The summed E-state index contributed by atoms with van der Waals surface area (Å²) in [5.74, 6) is -0.481. The molecule has 0 spiro atoms. The van der Waals surface area contributed by atoms with Gasteiger partial charge in [-0.1, -0.05) is 12.1 Å². The average Bonchev–Trinajstić information content (AvgIpc) is 2.41. The van der Waals surface area contributed by atoms with Crippen LogP contribution in [0.2, 0.25) is 0 Å². The van der Waals surface area contributed by atoms with Gasteiger partial charge in [0.15, 0.2) is 0 Å². The summed E-state index contributed by atoms with van der Waals surface area (Å²) in [5, 5.41) is 0. The van der Waals surface area contributed by atoms with E-state index in [1.54, 1.807) is 25.1 Å². The number of primary amides is 1. The van der Waals surface area contributed by atoms with E-state index < -0.39 is 18.6 Å². The number of alkyl halides is 3. The van der Waals surface area contributed by atoms with Crippen molar-refractivity contribution in [2.24, 2.45) is 5.73 Å². The van der Waals surface area contributed by atoms with Crippen LogP contribution in [-0.4, -0.2) is 54.1 Å². The van der Waals surface area contributed by atoms with E-state index in [0.29, 0.717) is 31.7 Å². The molecule has 0 aliphatic carbocycles. The molecule has 0 aromatic heterocycles. The third-order valence-corrected chi connectivity index (χ3v) is 3.85. The van der Waals surface area contributed by atoms with E-state index in [1.807, 2.05) is 6.07 Å². The smallest absolute Gasteiger partial charge is 0.366 e. The highest BCUT2D eigenvalue weighted by molar-refractivity contribution is 5.92. The average molecular weight is 315 g/mol. The normalized spacial score (nSPS) is 21.0. The van der Waals surface area contributed by atoms with Crippen LogP contribution in [0.25, 0.3) is 0 Å². The van der Waals surface area contributed by atoms with Crippen molar-refractivity contribution in [2.45, 2.75) is 25.7 Å². The van der Waals surface area contributed by atoms with Crippen LogP contribution in [0.1, 0.15) is 22.8 Å². The lowest BCUT2D eigenvalue weighted by molar-refractivity contribution is -0.155. The number of piperazine rings is 1. The summed E-state index contributed by atoms with van der Waals surface area (Å²) in [6.07, 6.45) is -4.16. The lowest BCUT2D eigenvalue weighted by atomic mass is 10.1. The van der Waals surface area contributed by atoms with Gasteiger partial charge in [-0.15, -0.1) is 0 Å². The molecule has 22 heavy (non-hydrogen) atoms. The third kappa shape index (κ3) is 4.71. The van der Waals surface area contributed by atoms with Crippen LogP contribution < -0.4 is 5.73 Å². The third-order valence-electron chi connectivity index (χ3n) is 3.85. The second-order valence-corrected chi connectivity index (χ2v) is 5.73. The van der Waals surface area contributed by atoms with Crippen molar-refractivity contribution in [2.75, 3.05) is 26.2 Å². The predicted molar refractivity (Wildman–Crippen MR) is 77.3 cm³/mol. The van der Waals surface area contributed by atoms with Crippen molar-refractivity contribution in [1.82, 2.24) is 9.80 Å². The van der Waals surface area contributed by atoms with E-state index in [0.717, 1.165) is 5.56 Å². The number of carbonyl (C=O) groups is 1. The standard InChI is InChI=1S/C15H20F3N3O/c1-11-8-20(5-6-21(11)10-15(16,17)18)9-12-3-2-4-13(7-12)14(19)22/h2-4,7,11H,5-6,8-10H2,1H3,(H2,19,22)/t11-/m0/s1. The van der Waals surface area contributed by atoms with Crippen LogP contribution in [0.15, 0.2) is 24.3 Å². The van der Waals surface area contributed by atoms with Crippen LogP contribution >= 0.6 is 0 Å². The Morgan fingerprint density at radius 2 is 2.09 bits per heavy atom. The first-order valence-corrected chi connectivity index (χ1v) is 7.16. The van der Waals surface area contributed by atoms with E-state index in [2.05, 4.69) is 4.90 Å². The van der Waals surface area contributed by atoms with Crippen molar-refractivity contribution < 1.29 is 18.0 Å². The van der Waals surface area contributed by atoms with E-state index in [1.165, 1.54) is 4.90 Å². The molecule has 7 heteroatoms. The molecule has 1 atom stereocenters. The van der Waals surface area contributed by atoms with Gasteiger partial charge in [0.05, 0.1) is 6.54 Å². The van der Waals surface area contributed by atoms with Crippen molar-refractivity contribution >= 4 is 5.91 Å². The molecule has 0 saturated carbocycles. The Hall–Kier alpha value is -1.60. The van der Waals surface area contributed by atoms with Gasteiger partial charge in [-0.2, -0.15) is 13.2 Å². The van der Waals surface area contributed by atoms with Crippen LogP contribution in [0.5, 0.6) is 0 Å². The summed E-state index contributed by atoms with van der Waals surface area (Å²) in [7, 11) is 0. The zero-order valence-corrected chi connectivity index (χ0v) is 12.4. The summed E-state index contributed by atoms with van der Waals surface area (Å²) in [6, 6.07) is 6.87. The zero-order chi connectivity index (χ0) is 16.3. The van der Waals surface area contributed by atoms with Gasteiger partial charge in [0.1, 0.15) is 0 Å². The van der Waals surface area contributed by atoms with Crippen molar-refractivity contribution in [3.63, 3.8) is 0 Å². The van der Waals surface area contributed by atoms with E-state index in [-0.39, 0.29) is 6.04 Å². The topological polar surface area (TPSA) is 49.6 Å². The lowest BCUT2D eigenvalue weighted by Gasteiger charge is -2.40. The molecule has 2 rings (SSSR count). The quantitative estimate of drug-likeness (QED) is 0.922. The Balaban J connectivity index is 1.94. The molecule has 4 nitrogen and oxygen atoms in total. The fourth-order valence-electron chi connectivity index (χ4n) is 2.76. The van der Waals surface area contributed by atoms with Gasteiger partial charge < -0.3 is 5.73 Å². The highest BCUT2D eigenvalue weighted by Gasteiger charge is 2.34. The second kappa shape index (κ2) is 6.66. The van der Waals surface area contributed by atoms with Crippen LogP contribution in [0, 0.1) is 0 Å². The SMILES string of the molecule is C[C@H]1CN(Cc2cccc(C(N)=O)c2)CCN1CC(F)(F)F. The molecule has 1 saturated heterocycles. The molecule has 1 amide bonds. The lowest BCUT2D eigenvalue weighted by Crippen LogP contribution is -2.53. The molecule has 1 aliphatic heterocycles. The Labute approximate surface area is 127 Å². The van der Waals surface area contributed by atoms with Gasteiger partial charge in [-0.05, 0) is 24.6 Å². The largest absolute Gasteiger partial charge is 0.401 e.